The first-order valence-electron chi connectivity index (χ1n) is 7.74. The smallest absolute Gasteiger partial charge is 0.0784 e. The summed E-state index contributed by atoms with van der Waals surface area (Å²) < 4.78 is 1.27. The number of unbranched alkanes of at least 4 members (excludes halogenated alkanes) is 5. The van der Waals surface area contributed by atoms with Crippen LogP contribution in [0.5, 0.6) is 0 Å². The molecule has 0 N–H and O–H groups in total. The predicted octanol–water partition coefficient (Wildman–Crippen LogP) is 4.95. The van der Waals surface area contributed by atoms with Crippen LogP contribution >= 0.6 is 0 Å². The SMILES string of the molecule is C=CCCCC[N+](C)(CCCC)CCCCC=C. The van der Waals surface area contributed by atoms with Gasteiger partial charge in [-0.2, -0.15) is 0 Å². The van der Waals surface area contributed by atoms with Crippen molar-refractivity contribution in [2.45, 2.75) is 58.3 Å². The van der Waals surface area contributed by atoms with Gasteiger partial charge in [-0.3, -0.25) is 0 Å². The highest BCUT2D eigenvalue weighted by Crippen LogP contribution is 2.12. The quantitative estimate of drug-likeness (QED) is 0.247. The van der Waals surface area contributed by atoms with Gasteiger partial charge in [0.1, 0.15) is 0 Å². The van der Waals surface area contributed by atoms with Crippen molar-refractivity contribution in [3.63, 3.8) is 0 Å². The zero-order chi connectivity index (χ0) is 13.7. The second-order valence-electron chi connectivity index (χ2n) is 5.71. The van der Waals surface area contributed by atoms with E-state index in [2.05, 4.69) is 27.1 Å². The van der Waals surface area contributed by atoms with E-state index >= 15 is 0 Å². The summed E-state index contributed by atoms with van der Waals surface area (Å²) in [6.45, 7) is 13.9. The van der Waals surface area contributed by atoms with Crippen molar-refractivity contribution in [3.8, 4) is 0 Å². The molecule has 0 amide bonds. The second-order valence-corrected chi connectivity index (χ2v) is 5.71. The molecule has 106 valence electrons. The van der Waals surface area contributed by atoms with Crippen LogP contribution in [0.1, 0.15) is 58.3 Å². The van der Waals surface area contributed by atoms with Gasteiger partial charge in [0, 0.05) is 0 Å². The largest absolute Gasteiger partial charge is 0.326 e. The summed E-state index contributed by atoms with van der Waals surface area (Å²) in [5.41, 5.74) is 0. The first-order chi connectivity index (χ1) is 8.68. The molecule has 0 unspecified atom stereocenters. The van der Waals surface area contributed by atoms with E-state index in [0.717, 1.165) is 0 Å². The zero-order valence-electron chi connectivity index (χ0n) is 12.8. The molecule has 0 saturated heterocycles. The first kappa shape index (κ1) is 17.4. The number of rotatable bonds is 13. The number of allylic oxidation sites excluding steroid dienone is 2. The molecule has 0 aromatic rings. The summed E-state index contributed by atoms with van der Waals surface area (Å²) in [6.07, 6.45) is 14.4. The van der Waals surface area contributed by atoms with Gasteiger partial charge in [-0.05, 0) is 44.9 Å². The fraction of sp³-hybridized carbons (Fsp3) is 0.765. The van der Waals surface area contributed by atoms with Crippen LogP contribution in [-0.4, -0.2) is 31.2 Å². The molecule has 0 saturated carbocycles. The Hall–Kier alpha value is -0.560. The molecule has 0 fully saturated rings. The molecule has 0 rings (SSSR count). The maximum atomic E-state index is 3.80. The van der Waals surface area contributed by atoms with E-state index in [-0.39, 0.29) is 0 Å². The molecule has 0 aliphatic rings. The lowest BCUT2D eigenvalue weighted by atomic mass is 10.1. The Balaban J connectivity index is 3.97. The van der Waals surface area contributed by atoms with Crippen molar-refractivity contribution >= 4 is 0 Å². The number of hydrogen-bond acceptors (Lipinski definition) is 0. The van der Waals surface area contributed by atoms with Crippen LogP contribution in [0, 0.1) is 0 Å². The van der Waals surface area contributed by atoms with Crippen LogP contribution in [0.25, 0.3) is 0 Å². The van der Waals surface area contributed by atoms with Crippen molar-refractivity contribution in [2.75, 3.05) is 26.7 Å². The Morgan fingerprint density at radius 2 is 1.22 bits per heavy atom. The summed E-state index contributed by atoms with van der Waals surface area (Å²) >= 11 is 0. The molecular weight excluding hydrogens is 218 g/mol. The van der Waals surface area contributed by atoms with Gasteiger partial charge >= 0.3 is 0 Å². The van der Waals surface area contributed by atoms with Gasteiger partial charge in [0.25, 0.3) is 0 Å². The summed E-state index contributed by atoms with van der Waals surface area (Å²) in [5, 5.41) is 0. The highest BCUT2D eigenvalue weighted by molar-refractivity contribution is 4.66. The Labute approximate surface area is 115 Å². The van der Waals surface area contributed by atoms with Crippen molar-refractivity contribution in [2.24, 2.45) is 0 Å². The van der Waals surface area contributed by atoms with Gasteiger partial charge in [-0.1, -0.05) is 25.5 Å². The maximum absolute atomic E-state index is 3.80. The van der Waals surface area contributed by atoms with Crippen molar-refractivity contribution in [1.82, 2.24) is 0 Å². The first-order valence-corrected chi connectivity index (χ1v) is 7.74. The minimum absolute atomic E-state index is 1.17. The fourth-order valence-corrected chi connectivity index (χ4v) is 2.44. The predicted molar refractivity (Wildman–Crippen MR) is 83.8 cm³/mol. The van der Waals surface area contributed by atoms with Gasteiger partial charge in [0.05, 0.1) is 26.7 Å². The maximum Gasteiger partial charge on any atom is 0.0784 e. The lowest BCUT2D eigenvalue weighted by Gasteiger charge is -2.35. The average molecular weight is 252 g/mol. The monoisotopic (exact) mass is 252 g/mol. The Kier molecular flexibility index (Phi) is 11.2. The molecule has 0 spiro atoms. The normalized spacial score (nSPS) is 11.4. The molecule has 1 heteroatoms. The number of hydrogen-bond donors (Lipinski definition) is 0. The molecule has 1 nitrogen and oxygen atoms in total. The number of nitrogens with zero attached hydrogens (tertiary/aromatic N) is 1. The van der Waals surface area contributed by atoms with Crippen molar-refractivity contribution in [1.29, 1.82) is 0 Å². The highest BCUT2D eigenvalue weighted by atomic mass is 15.3. The van der Waals surface area contributed by atoms with E-state index in [4.69, 9.17) is 0 Å². The average Bonchev–Trinajstić information content (AvgIpc) is 2.38. The van der Waals surface area contributed by atoms with Gasteiger partial charge < -0.3 is 4.48 Å². The Bertz CT molecular complexity index is 192. The molecule has 0 aromatic carbocycles. The highest BCUT2D eigenvalue weighted by Gasteiger charge is 2.19. The van der Waals surface area contributed by atoms with E-state index in [0.29, 0.717) is 0 Å². The molecule has 0 atom stereocenters. The lowest BCUT2D eigenvalue weighted by molar-refractivity contribution is -0.910. The third-order valence-corrected chi connectivity index (χ3v) is 3.76. The molecule has 0 aliphatic carbocycles. The van der Waals surface area contributed by atoms with Crippen LogP contribution in [-0.2, 0) is 0 Å². The van der Waals surface area contributed by atoms with Gasteiger partial charge in [-0.15, -0.1) is 13.2 Å². The fourth-order valence-electron chi connectivity index (χ4n) is 2.44. The van der Waals surface area contributed by atoms with E-state index in [1.54, 1.807) is 0 Å². The van der Waals surface area contributed by atoms with Gasteiger partial charge in [0.15, 0.2) is 0 Å². The van der Waals surface area contributed by atoms with Gasteiger partial charge in [-0.25, -0.2) is 0 Å². The van der Waals surface area contributed by atoms with Crippen LogP contribution in [0.15, 0.2) is 25.3 Å². The van der Waals surface area contributed by atoms with Crippen molar-refractivity contribution in [3.05, 3.63) is 25.3 Å². The topological polar surface area (TPSA) is 0 Å². The molecule has 0 heterocycles. The summed E-state index contributed by atoms with van der Waals surface area (Å²) in [4.78, 5) is 0. The van der Waals surface area contributed by atoms with Crippen LogP contribution < -0.4 is 0 Å². The van der Waals surface area contributed by atoms with Gasteiger partial charge in [0.2, 0.25) is 0 Å². The Morgan fingerprint density at radius 1 is 0.778 bits per heavy atom. The standard InChI is InChI=1S/C17H34N/c1-5-8-11-13-16-18(4,15-10-7-3)17-14-12-9-6-2/h5-6H,1-2,7-17H2,3-4H3/q+1. The van der Waals surface area contributed by atoms with Crippen LogP contribution in [0.2, 0.25) is 0 Å². The van der Waals surface area contributed by atoms with E-state index in [1.807, 2.05) is 12.2 Å². The summed E-state index contributed by atoms with van der Waals surface area (Å²) in [5.74, 6) is 0. The van der Waals surface area contributed by atoms with Crippen LogP contribution in [0.4, 0.5) is 0 Å². The molecular formula is C17H34N+. The van der Waals surface area contributed by atoms with Crippen LogP contribution in [0.3, 0.4) is 0 Å². The van der Waals surface area contributed by atoms with E-state index in [1.165, 1.54) is 75.5 Å². The molecule has 18 heavy (non-hydrogen) atoms. The minimum Gasteiger partial charge on any atom is -0.326 e. The number of quaternary nitrogens is 1. The lowest BCUT2D eigenvalue weighted by Crippen LogP contribution is -2.46. The minimum atomic E-state index is 1.17. The summed E-state index contributed by atoms with van der Waals surface area (Å²) in [6, 6.07) is 0. The zero-order valence-corrected chi connectivity index (χ0v) is 12.8. The van der Waals surface area contributed by atoms with Crippen molar-refractivity contribution < 1.29 is 4.48 Å². The van der Waals surface area contributed by atoms with E-state index in [9.17, 15) is 0 Å². The third-order valence-electron chi connectivity index (χ3n) is 3.76. The summed E-state index contributed by atoms with van der Waals surface area (Å²) in [7, 11) is 2.44. The molecule has 0 bridgehead atoms. The molecule has 0 aliphatic heterocycles. The third kappa shape index (κ3) is 9.47. The second kappa shape index (κ2) is 11.5. The molecule has 0 aromatic heterocycles. The Morgan fingerprint density at radius 3 is 1.61 bits per heavy atom. The molecule has 0 radical (unpaired) electrons. The van der Waals surface area contributed by atoms with E-state index < -0.39 is 0 Å².